The Morgan fingerprint density at radius 3 is 2.28 bits per heavy atom. The van der Waals surface area contributed by atoms with Gasteiger partial charge in [-0.1, -0.05) is 0 Å². The van der Waals surface area contributed by atoms with Crippen molar-refractivity contribution in [3.8, 4) is 0 Å². The molecule has 0 amide bonds. The fraction of sp³-hybridized carbons (Fsp3) is 1.00. The third kappa shape index (κ3) is 3.83. The van der Waals surface area contributed by atoms with E-state index in [-0.39, 0.29) is 11.5 Å². The number of nitrogens with zero attached hydrogens (tertiary/aromatic N) is 1. The maximum atomic E-state index is 12.6. The van der Waals surface area contributed by atoms with Crippen LogP contribution in [0.3, 0.4) is 0 Å². The van der Waals surface area contributed by atoms with Crippen molar-refractivity contribution in [1.29, 1.82) is 0 Å². The molecule has 0 radical (unpaired) electrons. The fourth-order valence-corrected chi connectivity index (χ4v) is 2.65. The van der Waals surface area contributed by atoms with Crippen LogP contribution in [0.5, 0.6) is 0 Å². The van der Waals surface area contributed by atoms with Crippen molar-refractivity contribution < 1.29 is 17.9 Å². The summed E-state index contributed by atoms with van der Waals surface area (Å²) in [4.78, 5) is 1.58. The van der Waals surface area contributed by atoms with E-state index in [1.165, 1.54) is 0 Å². The molecule has 2 fully saturated rings. The molecular formula is C12H21F3N2O. The Labute approximate surface area is 105 Å². The summed E-state index contributed by atoms with van der Waals surface area (Å²) in [6.45, 7) is 1.32. The SMILES string of the molecule is NCC1(CN(CC(F)(F)F)C2CC2)CCOCC1. The summed E-state index contributed by atoms with van der Waals surface area (Å²) in [5.41, 5.74) is 5.62. The number of hydrogen-bond acceptors (Lipinski definition) is 3. The van der Waals surface area contributed by atoms with Crippen LogP contribution in [0.4, 0.5) is 13.2 Å². The van der Waals surface area contributed by atoms with Crippen LogP contribution >= 0.6 is 0 Å². The number of halogens is 3. The zero-order valence-electron chi connectivity index (χ0n) is 10.5. The maximum absolute atomic E-state index is 12.6. The van der Waals surface area contributed by atoms with Gasteiger partial charge in [0, 0.05) is 25.8 Å². The lowest BCUT2D eigenvalue weighted by Gasteiger charge is -2.40. The number of nitrogens with two attached hydrogens (primary N) is 1. The molecule has 2 aliphatic rings. The van der Waals surface area contributed by atoms with E-state index in [9.17, 15) is 13.2 Å². The molecule has 106 valence electrons. The molecule has 1 aliphatic carbocycles. The molecule has 0 aromatic rings. The van der Waals surface area contributed by atoms with Crippen LogP contribution in [-0.4, -0.2) is 50.0 Å². The van der Waals surface area contributed by atoms with Gasteiger partial charge in [-0.25, -0.2) is 0 Å². The summed E-state index contributed by atoms with van der Waals surface area (Å²) in [5.74, 6) is 0. The van der Waals surface area contributed by atoms with E-state index in [1.54, 1.807) is 4.90 Å². The van der Waals surface area contributed by atoms with Crippen molar-refractivity contribution in [3.05, 3.63) is 0 Å². The third-order valence-electron chi connectivity index (χ3n) is 3.97. The van der Waals surface area contributed by atoms with Gasteiger partial charge in [-0.3, -0.25) is 4.90 Å². The molecule has 0 bridgehead atoms. The second-order valence-electron chi connectivity index (χ2n) is 5.57. The first-order valence-corrected chi connectivity index (χ1v) is 6.53. The van der Waals surface area contributed by atoms with Gasteiger partial charge in [0.1, 0.15) is 0 Å². The molecule has 1 saturated carbocycles. The Balaban J connectivity index is 1.98. The van der Waals surface area contributed by atoms with Gasteiger partial charge in [-0.05, 0) is 37.6 Å². The standard InChI is InChI=1S/C12H21F3N2O/c13-12(14,15)9-17(10-1-2-10)8-11(7-16)3-5-18-6-4-11/h10H,1-9,16H2. The zero-order valence-corrected chi connectivity index (χ0v) is 10.5. The highest BCUT2D eigenvalue weighted by Crippen LogP contribution is 2.36. The normalized spacial score (nSPS) is 24.5. The second-order valence-corrected chi connectivity index (χ2v) is 5.57. The van der Waals surface area contributed by atoms with Crippen LogP contribution < -0.4 is 5.73 Å². The van der Waals surface area contributed by atoms with Gasteiger partial charge in [-0.15, -0.1) is 0 Å². The average Bonchev–Trinajstić information content (AvgIpc) is 3.11. The summed E-state index contributed by atoms with van der Waals surface area (Å²) in [7, 11) is 0. The Morgan fingerprint density at radius 1 is 1.22 bits per heavy atom. The smallest absolute Gasteiger partial charge is 0.381 e. The summed E-state index contributed by atoms with van der Waals surface area (Å²) < 4.78 is 43.0. The Morgan fingerprint density at radius 2 is 1.83 bits per heavy atom. The first-order chi connectivity index (χ1) is 8.44. The highest BCUT2D eigenvalue weighted by Gasteiger charge is 2.42. The van der Waals surface area contributed by atoms with E-state index >= 15 is 0 Å². The first kappa shape index (κ1) is 14.1. The third-order valence-corrected chi connectivity index (χ3v) is 3.97. The molecule has 18 heavy (non-hydrogen) atoms. The number of hydrogen-bond donors (Lipinski definition) is 1. The lowest BCUT2D eigenvalue weighted by atomic mass is 9.79. The Kier molecular flexibility index (Phi) is 4.18. The zero-order chi connectivity index (χ0) is 13.2. The second kappa shape index (κ2) is 5.35. The van der Waals surface area contributed by atoms with E-state index in [4.69, 9.17) is 10.5 Å². The van der Waals surface area contributed by atoms with Crippen LogP contribution in [-0.2, 0) is 4.74 Å². The van der Waals surface area contributed by atoms with E-state index in [1.807, 2.05) is 0 Å². The lowest BCUT2D eigenvalue weighted by molar-refractivity contribution is -0.152. The molecule has 0 atom stereocenters. The van der Waals surface area contributed by atoms with Crippen LogP contribution in [0.15, 0.2) is 0 Å². The summed E-state index contributed by atoms with van der Waals surface area (Å²) in [6, 6.07) is 0.109. The van der Waals surface area contributed by atoms with Crippen molar-refractivity contribution in [2.24, 2.45) is 11.1 Å². The van der Waals surface area contributed by atoms with Crippen molar-refractivity contribution in [3.63, 3.8) is 0 Å². The largest absolute Gasteiger partial charge is 0.401 e. The van der Waals surface area contributed by atoms with Crippen molar-refractivity contribution in [1.82, 2.24) is 4.90 Å². The van der Waals surface area contributed by atoms with Crippen LogP contribution in [0.1, 0.15) is 25.7 Å². The van der Waals surface area contributed by atoms with Crippen LogP contribution in [0, 0.1) is 5.41 Å². The summed E-state index contributed by atoms with van der Waals surface area (Å²) in [5, 5.41) is 0. The quantitative estimate of drug-likeness (QED) is 0.824. The molecule has 3 nitrogen and oxygen atoms in total. The summed E-state index contributed by atoms with van der Waals surface area (Å²) in [6.07, 6.45) is -0.820. The fourth-order valence-electron chi connectivity index (χ4n) is 2.65. The van der Waals surface area contributed by atoms with Crippen molar-refractivity contribution >= 4 is 0 Å². The molecule has 0 aromatic carbocycles. The van der Waals surface area contributed by atoms with E-state index < -0.39 is 12.7 Å². The lowest BCUT2D eigenvalue weighted by Crippen LogP contribution is -2.49. The molecule has 6 heteroatoms. The topological polar surface area (TPSA) is 38.5 Å². The molecule has 1 saturated heterocycles. The van der Waals surface area contributed by atoms with Crippen molar-refractivity contribution in [2.45, 2.75) is 37.9 Å². The maximum Gasteiger partial charge on any atom is 0.401 e. The average molecular weight is 266 g/mol. The van der Waals surface area contributed by atoms with Gasteiger partial charge in [-0.2, -0.15) is 13.2 Å². The Bertz CT molecular complexity index is 273. The predicted octanol–water partition coefficient (Wildman–Crippen LogP) is 1.77. The predicted molar refractivity (Wildman–Crippen MR) is 62.2 cm³/mol. The summed E-state index contributed by atoms with van der Waals surface area (Å²) >= 11 is 0. The van der Waals surface area contributed by atoms with Crippen LogP contribution in [0.2, 0.25) is 0 Å². The van der Waals surface area contributed by atoms with E-state index in [2.05, 4.69) is 0 Å². The molecule has 1 heterocycles. The molecule has 0 spiro atoms. The van der Waals surface area contributed by atoms with Gasteiger partial charge < -0.3 is 10.5 Å². The van der Waals surface area contributed by atoms with Gasteiger partial charge in [0.25, 0.3) is 0 Å². The molecule has 1 aliphatic heterocycles. The highest BCUT2D eigenvalue weighted by molar-refractivity contribution is 4.92. The molecule has 2 rings (SSSR count). The minimum atomic E-state index is -4.12. The van der Waals surface area contributed by atoms with Gasteiger partial charge in [0.2, 0.25) is 0 Å². The highest BCUT2D eigenvalue weighted by atomic mass is 19.4. The van der Waals surface area contributed by atoms with Gasteiger partial charge in [0.15, 0.2) is 0 Å². The monoisotopic (exact) mass is 266 g/mol. The molecule has 0 unspecified atom stereocenters. The number of ether oxygens (including phenoxy) is 1. The Hall–Kier alpha value is -0.330. The van der Waals surface area contributed by atoms with E-state index in [0.717, 1.165) is 25.7 Å². The minimum Gasteiger partial charge on any atom is -0.381 e. The van der Waals surface area contributed by atoms with Crippen LogP contribution in [0.25, 0.3) is 0 Å². The van der Waals surface area contributed by atoms with Gasteiger partial charge in [0.05, 0.1) is 6.54 Å². The molecular weight excluding hydrogens is 245 g/mol. The van der Waals surface area contributed by atoms with Crippen molar-refractivity contribution in [2.75, 3.05) is 32.8 Å². The molecule has 0 aromatic heterocycles. The minimum absolute atomic E-state index is 0.109. The van der Waals surface area contributed by atoms with E-state index in [0.29, 0.717) is 26.3 Å². The molecule has 2 N–H and O–H groups in total. The number of rotatable bonds is 5. The number of alkyl halides is 3. The first-order valence-electron chi connectivity index (χ1n) is 6.53. The van der Waals surface area contributed by atoms with Gasteiger partial charge >= 0.3 is 6.18 Å².